The molecule has 17 heavy (non-hydrogen) atoms. The van der Waals surface area contributed by atoms with Gasteiger partial charge in [0.15, 0.2) is 0 Å². The molecule has 0 aromatic heterocycles. The van der Waals surface area contributed by atoms with E-state index in [1.54, 1.807) is 0 Å². The molecule has 3 nitrogen and oxygen atoms in total. The number of carboxylic acid groups (broad SMARTS) is 1. The van der Waals surface area contributed by atoms with Crippen molar-refractivity contribution < 1.29 is 9.90 Å². The van der Waals surface area contributed by atoms with Gasteiger partial charge in [-0.1, -0.05) is 12.2 Å². The van der Waals surface area contributed by atoms with E-state index in [1.165, 1.54) is 19.3 Å². The fourth-order valence-electron chi connectivity index (χ4n) is 3.28. The average molecular weight is 237 g/mol. The highest BCUT2D eigenvalue weighted by molar-refractivity contribution is 5.66. The molecule has 0 unspecified atom stereocenters. The van der Waals surface area contributed by atoms with Gasteiger partial charge in [0.05, 0.1) is 0 Å². The molecular weight excluding hydrogens is 214 g/mol. The normalized spacial score (nSPS) is 35.8. The Balaban J connectivity index is 1.61. The van der Waals surface area contributed by atoms with Crippen molar-refractivity contribution in [2.24, 2.45) is 23.5 Å². The Morgan fingerprint density at radius 2 is 2.06 bits per heavy atom. The summed E-state index contributed by atoms with van der Waals surface area (Å²) in [6.45, 7) is 0. The molecule has 0 aliphatic heterocycles. The SMILES string of the molecule is N[C@@H]1C2CC(C2)C[C@H]1CC=CCCCC(=O)O. The molecule has 2 atom stereocenters. The van der Waals surface area contributed by atoms with Gasteiger partial charge in [-0.25, -0.2) is 0 Å². The molecule has 0 heterocycles. The van der Waals surface area contributed by atoms with Gasteiger partial charge >= 0.3 is 5.97 Å². The molecule has 3 fully saturated rings. The van der Waals surface area contributed by atoms with Crippen LogP contribution < -0.4 is 5.73 Å². The lowest BCUT2D eigenvalue weighted by atomic mass is 9.58. The van der Waals surface area contributed by atoms with Gasteiger partial charge in [0, 0.05) is 12.5 Å². The van der Waals surface area contributed by atoms with Crippen LogP contribution in [0.1, 0.15) is 44.9 Å². The lowest BCUT2D eigenvalue weighted by Crippen LogP contribution is -2.50. The first-order chi connectivity index (χ1) is 8.16. The van der Waals surface area contributed by atoms with E-state index >= 15 is 0 Å². The summed E-state index contributed by atoms with van der Waals surface area (Å²) in [6, 6.07) is 0.406. The Labute approximate surface area is 103 Å². The molecule has 3 saturated carbocycles. The van der Waals surface area contributed by atoms with Crippen LogP contribution in [0.2, 0.25) is 0 Å². The third-order valence-corrected chi connectivity index (χ3v) is 4.36. The molecule has 0 amide bonds. The number of nitrogens with two attached hydrogens (primary N) is 1. The number of aliphatic carboxylic acids is 1. The molecule has 3 N–H and O–H groups in total. The average Bonchev–Trinajstić information content (AvgIpc) is 2.22. The Hall–Kier alpha value is -0.830. The third-order valence-electron chi connectivity index (χ3n) is 4.36. The van der Waals surface area contributed by atoms with Crippen LogP contribution in [0, 0.1) is 17.8 Å². The van der Waals surface area contributed by atoms with Gasteiger partial charge < -0.3 is 10.8 Å². The molecule has 0 aromatic rings. The van der Waals surface area contributed by atoms with E-state index in [-0.39, 0.29) is 6.42 Å². The zero-order chi connectivity index (χ0) is 12.3. The number of rotatable bonds is 6. The lowest BCUT2D eigenvalue weighted by Gasteiger charge is -2.49. The maximum absolute atomic E-state index is 10.3. The molecule has 3 rings (SSSR count). The molecule has 0 radical (unpaired) electrons. The number of hydrogen-bond donors (Lipinski definition) is 2. The van der Waals surface area contributed by atoms with Crippen molar-refractivity contribution in [3.63, 3.8) is 0 Å². The van der Waals surface area contributed by atoms with Crippen LogP contribution in [0.3, 0.4) is 0 Å². The van der Waals surface area contributed by atoms with Gasteiger partial charge in [0.1, 0.15) is 0 Å². The van der Waals surface area contributed by atoms with Crippen LogP contribution >= 0.6 is 0 Å². The van der Waals surface area contributed by atoms with E-state index < -0.39 is 5.97 Å². The third kappa shape index (κ3) is 3.32. The largest absolute Gasteiger partial charge is 0.481 e. The van der Waals surface area contributed by atoms with Crippen LogP contribution in [-0.4, -0.2) is 17.1 Å². The predicted molar refractivity (Wildman–Crippen MR) is 67.5 cm³/mol. The maximum Gasteiger partial charge on any atom is 0.303 e. The highest BCUT2D eigenvalue weighted by atomic mass is 16.4. The summed E-state index contributed by atoms with van der Waals surface area (Å²) < 4.78 is 0. The molecule has 0 spiro atoms. The quantitative estimate of drug-likeness (QED) is 0.551. The molecule has 0 saturated heterocycles. The zero-order valence-corrected chi connectivity index (χ0v) is 10.3. The second kappa shape index (κ2) is 5.67. The number of carboxylic acids is 1. The van der Waals surface area contributed by atoms with E-state index in [0.717, 1.165) is 31.1 Å². The summed E-state index contributed by atoms with van der Waals surface area (Å²) in [5.41, 5.74) is 6.23. The van der Waals surface area contributed by atoms with Gasteiger partial charge in [-0.05, 0) is 56.3 Å². The highest BCUT2D eigenvalue weighted by Crippen LogP contribution is 2.48. The first kappa shape index (κ1) is 12.6. The van der Waals surface area contributed by atoms with Crippen LogP contribution in [0.15, 0.2) is 12.2 Å². The van der Waals surface area contributed by atoms with Gasteiger partial charge in [-0.15, -0.1) is 0 Å². The van der Waals surface area contributed by atoms with Crippen molar-refractivity contribution in [1.82, 2.24) is 0 Å². The second-order valence-corrected chi connectivity index (χ2v) is 5.66. The number of allylic oxidation sites excluding steroid dienone is 2. The summed E-state index contributed by atoms with van der Waals surface area (Å²) in [5.74, 6) is 1.71. The fourth-order valence-corrected chi connectivity index (χ4v) is 3.28. The van der Waals surface area contributed by atoms with Gasteiger partial charge in [0.25, 0.3) is 0 Å². The molecule has 0 aromatic carbocycles. The topological polar surface area (TPSA) is 63.3 Å². The van der Waals surface area contributed by atoms with E-state index in [2.05, 4.69) is 12.2 Å². The fraction of sp³-hybridized carbons (Fsp3) is 0.786. The summed E-state index contributed by atoms with van der Waals surface area (Å²) in [5, 5.41) is 8.50. The Kier molecular flexibility index (Phi) is 4.21. The van der Waals surface area contributed by atoms with Crippen molar-refractivity contribution in [2.75, 3.05) is 0 Å². The van der Waals surface area contributed by atoms with Gasteiger partial charge in [-0.3, -0.25) is 4.79 Å². The van der Waals surface area contributed by atoms with Crippen LogP contribution in [-0.2, 0) is 4.79 Å². The number of unbranched alkanes of at least 4 members (excludes halogenated alkanes) is 1. The maximum atomic E-state index is 10.3. The molecule has 96 valence electrons. The molecular formula is C14H23NO2. The van der Waals surface area contributed by atoms with Crippen LogP contribution in [0.5, 0.6) is 0 Å². The monoisotopic (exact) mass is 237 g/mol. The summed E-state index contributed by atoms with van der Waals surface area (Å²) >= 11 is 0. The summed E-state index contributed by atoms with van der Waals surface area (Å²) in [6.07, 6.45) is 11.3. The van der Waals surface area contributed by atoms with E-state index in [9.17, 15) is 4.79 Å². The Morgan fingerprint density at radius 3 is 2.71 bits per heavy atom. The minimum Gasteiger partial charge on any atom is -0.481 e. The first-order valence-corrected chi connectivity index (χ1v) is 6.79. The van der Waals surface area contributed by atoms with E-state index in [1.807, 2.05) is 0 Å². The number of hydrogen-bond acceptors (Lipinski definition) is 2. The van der Waals surface area contributed by atoms with Crippen LogP contribution in [0.25, 0.3) is 0 Å². The van der Waals surface area contributed by atoms with E-state index in [4.69, 9.17) is 10.8 Å². The molecule has 3 heteroatoms. The number of fused-ring (bicyclic) bond motifs is 2. The minimum atomic E-state index is -0.701. The zero-order valence-electron chi connectivity index (χ0n) is 10.3. The standard InChI is InChI=1S/C14H23NO2/c15-14-11(7-10-8-12(14)9-10)5-3-1-2-4-6-13(16)17/h1,3,10-12,14H,2,4-9,15H2,(H,16,17)/t10?,11-,12?,14+/m1/s1. The summed E-state index contributed by atoms with van der Waals surface area (Å²) in [7, 11) is 0. The van der Waals surface area contributed by atoms with E-state index in [0.29, 0.717) is 12.0 Å². The smallest absolute Gasteiger partial charge is 0.303 e. The Morgan fingerprint density at radius 1 is 1.29 bits per heavy atom. The van der Waals surface area contributed by atoms with Crippen molar-refractivity contribution in [1.29, 1.82) is 0 Å². The van der Waals surface area contributed by atoms with Gasteiger partial charge in [0.2, 0.25) is 0 Å². The van der Waals surface area contributed by atoms with Crippen LogP contribution in [0.4, 0.5) is 0 Å². The van der Waals surface area contributed by atoms with Crippen molar-refractivity contribution in [3.8, 4) is 0 Å². The number of carbonyl (C=O) groups is 1. The minimum absolute atomic E-state index is 0.275. The summed E-state index contributed by atoms with van der Waals surface area (Å²) in [4.78, 5) is 10.3. The molecule has 3 aliphatic carbocycles. The highest BCUT2D eigenvalue weighted by Gasteiger charge is 2.43. The Bertz CT molecular complexity index is 295. The van der Waals surface area contributed by atoms with Gasteiger partial charge in [-0.2, -0.15) is 0 Å². The van der Waals surface area contributed by atoms with Crippen molar-refractivity contribution in [3.05, 3.63) is 12.2 Å². The van der Waals surface area contributed by atoms with Crippen molar-refractivity contribution in [2.45, 2.75) is 51.0 Å². The first-order valence-electron chi connectivity index (χ1n) is 6.79. The lowest BCUT2D eigenvalue weighted by molar-refractivity contribution is -0.137. The molecule has 2 bridgehead atoms. The second-order valence-electron chi connectivity index (χ2n) is 5.66. The predicted octanol–water partition coefficient (Wildman–Crippen LogP) is 2.56. The molecule has 3 aliphatic rings. The van der Waals surface area contributed by atoms with Crippen molar-refractivity contribution >= 4 is 5.97 Å².